The first kappa shape index (κ1) is 18.0. The van der Waals surface area contributed by atoms with Crippen molar-refractivity contribution in [3.63, 3.8) is 0 Å². The van der Waals surface area contributed by atoms with Crippen LogP contribution in [0.3, 0.4) is 0 Å². The second-order valence-corrected chi connectivity index (χ2v) is 6.32. The van der Waals surface area contributed by atoms with Crippen molar-refractivity contribution in [2.75, 3.05) is 13.1 Å². The van der Waals surface area contributed by atoms with Gasteiger partial charge in [-0.2, -0.15) is 0 Å². The highest BCUT2D eigenvalue weighted by Gasteiger charge is 2.18. The summed E-state index contributed by atoms with van der Waals surface area (Å²) in [6, 6.07) is 0.576. The topological polar surface area (TPSA) is 69.6 Å². The van der Waals surface area contributed by atoms with Crippen LogP contribution in [0.2, 0.25) is 0 Å². The molecule has 1 fully saturated rings. The number of carbonyl (C=O) groups is 2. The molecule has 0 saturated heterocycles. The van der Waals surface area contributed by atoms with E-state index in [0.717, 1.165) is 12.8 Å². The molecule has 1 aliphatic rings. The van der Waals surface area contributed by atoms with Crippen LogP contribution in [-0.2, 0) is 9.59 Å². The summed E-state index contributed by atoms with van der Waals surface area (Å²) in [5.41, 5.74) is 0. The summed E-state index contributed by atoms with van der Waals surface area (Å²) in [6.45, 7) is 5.11. The molecule has 21 heavy (non-hydrogen) atoms. The third-order valence-corrected chi connectivity index (χ3v) is 4.13. The van der Waals surface area contributed by atoms with Crippen LogP contribution in [0.15, 0.2) is 0 Å². The van der Waals surface area contributed by atoms with Gasteiger partial charge >= 0.3 is 5.97 Å². The molecule has 0 spiro atoms. The van der Waals surface area contributed by atoms with Gasteiger partial charge in [0.2, 0.25) is 5.91 Å². The summed E-state index contributed by atoms with van der Waals surface area (Å²) in [5.74, 6) is -0.701. The molecule has 1 saturated carbocycles. The summed E-state index contributed by atoms with van der Waals surface area (Å²) in [4.78, 5) is 24.8. The Bertz CT molecular complexity index is 323. The van der Waals surface area contributed by atoms with Gasteiger partial charge in [0, 0.05) is 18.5 Å². The minimum Gasteiger partial charge on any atom is -0.481 e. The van der Waals surface area contributed by atoms with E-state index >= 15 is 0 Å². The van der Waals surface area contributed by atoms with E-state index < -0.39 is 5.97 Å². The number of aliphatic carboxylic acids is 1. The van der Waals surface area contributed by atoms with Crippen LogP contribution in [0.25, 0.3) is 0 Å². The molecule has 1 aliphatic carbocycles. The van der Waals surface area contributed by atoms with Crippen molar-refractivity contribution < 1.29 is 14.7 Å². The Kier molecular flexibility index (Phi) is 8.35. The molecule has 0 radical (unpaired) electrons. The first-order valence-electron chi connectivity index (χ1n) is 8.24. The van der Waals surface area contributed by atoms with Gasteiger partial charge in [-0.3, -0.25) is 14.5 Å². The highest BCUT2D eigenvalue weighted by molar-refractivity contribution is 5.78. The van der Waals surface area contributed by atoms with Gasteiger partial charge in [0.25, 0.3) is 0 Å². The molecule has 0 unspecified atom stereocenters. The van der Waals surface area contributed by atoms with Crippen LogP contribution in [0.1, 0.15) is 65.2 Å². The van der Waals surface area contributed by atoms with E-state index in [1.54, 1.807) is 0 Å². The van der Waals surface area contributed by atoms with Crippen molar-refractivity contribution >= 4 is 11.9 Å². The second-order valence-electron chi connectivity index (χ2n) is 6.32. The maximum absolute atomic E-state index is 12.2. The number of hydrogen-bond donors (Lipinski definition) is 2. The third-order valence-electron chi connectivity index (χ3n) is 4.13. The number of carboxylic acids is 1. The van der Waals surface area contributed by atoms with Crippen molar-refractivity contribution in [2.45, 2.75) is 77.3 Å². The summed E-state index contributed by atoms with van der Waals surface area (Å²) in [5, 5.41) is 11.8. The van der Waals surface area contributed by atoms with E-state index in [1.807, 2.05) is 13.8 Å². The quantitative estimate of drug-likeness (QED) is 0.675. The Hall–Kier alpha value is -1.10. The van der Waals surface area contributed by atoms with E-state index in [4.69, 9.17) is 5.11 Å². The van der Waals surface area contributed by atoms with E-state index in [9.17, 15) is 9.59 Å². The Labute approximate surface area is 128 Å². The van der Waals surface area contributed by atoms with Crippen molar-refractivity contribution in [3.05, 3.63) is 0 Å². The summed E-state index contributed by atoms with van der Waals surface area (Å²) in [7, 11) is 0. The number of hydrogen-bond acceptors (Lipinski definition) is 3. The Morgan fingerprint density at radius 3 is 2.33 bits per heavy atom. The van der Waals surface area contributed by atoms with Crippen molar-refractivity contribution in [1.29, 1.82) is 0 Å². The Morgan fingerprint density at radius 2 is 1.81 bits per heavy atom. The van der Waals surface area contributed by atoms with Gasteiger partial charge in [0.1, 0.15) is 0 Å². The average Bonchev–Trinajstić information content (AvgIpc) is 2.65. The van der Waals surface area contributed by atoms with Crippen LogP contribution >= 0.6 is 0 Å². The molecular formula is C16H30N2O3. The Morgan fingerprint density at radius 1 is 1.19 bits per heavy atom. The second kappa shape index (κ2) is 9.77. The van der Waals surface area contributed by atoms with Crippen molar-refractivity contribution in [1.82, 2.24) is 10.2 Å². The first-order chi connectivity index (χ1) is 9.99. The molecule has 1 amide bonds. The van der Waals surface area contributed by atoms with Crippen LogP contribution < -0.4 is 5.32 Å². The molecule has 0 bridgehead atoms. The fourth-order valence-corrected chi connectivity index (χ4v) is 2.83. The van der Waals surface area contributed by atoms with Gasteiger partial charge in [0.15, 0.2) is 0 Å². The zero-order valence-corrected chi connectivity index (χ0v) is 13.4. The molecule has 5 nitrogen and oxygen atoms in total. The molecule has 0 aliphatic heterocycles. The molecule has 0 atom stereocenters. The van der Waals surface area contributed by atoms with Crippen LogP contribution in [0.5, 0.6) is 0 Å². The average molecular weight is 298 g/mol. The Balaban J connectivity index is 2.34. The first-order valence-corrected chi connectivity index (χ1v) is 8.24. The van der Waals surface area contributed by atoms with Crippen molar-refractivity contribution in [3.8, 4) is 0 Å². The number of rotatable bonds is 8. The predicted octanol–water partition coefficient (Wildman–Crippen LogP) is 2.40. The number of carboxylic acid groups (broad SMARTS) is 1. The smallest absolute Gasteiger partial charge is 0.303 e. The number of nitrogens with zero attached hydrogens (tertiary/aromatic N) is 1. The molecule has 5 heteroatoms. The molecule has 0 aromatic rings. The highest BCUT2D eigenvalue weighted by Crippen LogP contribution is 2.17. The summed E-state index contributed by atoms with van der Waals surface area (Å²) in [6.07, 6.45) is 7.89. The van der Waals surface area contributed by atoms with Crippen molar-refractivity contribution in [2.24, 2.45) is 0 Å². The fraction of sp³-hybridized carbons (Fsp3) is 0.875. The van der Waals surface area contributed by atoms with E-state index in [-0.39, 0.29) is 18.4 Å². The predicted molar refractivity (Wildman–Crippen MR) is 83.2 cm³/mol. The zero-order chi connectivity index (χ0) is 15.7. The summed E-state index contributed by atoms with van der Waals surface area (Å²) >= 11 is 0. The largest absolute Gasteiger partial charge is 0.481 e. The lowest BCUT2D eigenvalue weighted by atomic mass is 10.1. The standard InChI is InChI=1S/C16H30N2O3/c1-13(2)18(11-7-10-16(20)21)12-15(19)17-14-8-5-3-4-6-9-14/h13-14H,3-12H2,1-2H3,(H,17,19)(H,20,21). The number of carbonyl (C=O) groups excluding carboxylic acids is 1. The molecule has 1 rings (SSSR count). The molecule has 122 valence electrons. The minimum absolute atomic E-state index is 0.0749. The number of nitrogens with one attached hydrogen (secondary N) is 1. The molecular weight excluding hydrogens is 268 g/mol. The lowest BCUT2D eigenvalue weighted by Crippen LogP contribution is -2.44. The maximum atomic E-state index is 12.2. The van der Waals surface area contributed by atoms with Gasteiger partial charge in [-0.1, -0.05) is 25.7 Å². The molecule has 2 N–H and O–H groups in total. The fourth-order valence-electron chi connectivity index (χ4n) is 2.83. The van der Waals surface area contributed by atoms with E-state index in [0.29, 0.717) is 25.6 Å². The lowest BCUT2D eigenvalue weighted by molar-refractivity contribution is -0.137. The lowest BCUT2D eigenvalue weighted by Gasteiger charge is -2.26. The van der Waals surface area contributed by atoms with Crippen LogP contribution in [0, 0.1) is 0 Å². The SMILES string of the molecule is CC(C)N(CCCC(=O)O)CC(=O)NC1CCCCCC1. The minimum atomic E-state index is -0.776. The number of amides is 1. The van der Waals surface area contributed by atoms with Crippen LogP contribution in [0.4, 0.5) is 0 Å². The van der Waals surface area contributed by atoms with Gasteiger partial charge in [-0.25, -0.2) is 0 Å². The van der Waals surface area contributed by atoms with Gasteiger partial charge in [-0.05, 0) is 39.7 Å². The molecule has 0 aromatic carbocycles. The van der Waals surface area contributed by atoms with E-state index in [1.165, 1.54) is 25.7 Å². The molecule has 0 aromatic heterocycles. The van der Waals surface area contributed by atoms with Gasteiger partial charge in [-0.15, -0.1) is 0 Å². The normalized spacial score (nSPS) is 17.0. The monoisotopic (exact) mass is 298 g/mol. The third kappa shape index (κ3) is 8.05. The van der Waals surface area contributed by atoms with E-state index in [2.05, 4.69) is 10.2 Å². The zero-order valence-electron chi connectivity index (χ0n) is 13.4. The maximum Gasteiger partial charge on any atom is 0.303 e. The van der Waals surface area contributed by atoms with Gasteiger partial charge in [0.05, 0.1) is 6.54 Å². The van der Waals surface area contributed by atoms with Crippen LogP contribution in [-0.4, -0.2) is 47.1 Å². The van der Waals surface area contributed by atoms with Gasteiger partial charge < -0.3 is 10.4 Å². The highest BCUT2D eigenvalue weighted by atomic mass is 16.4. The summed E-state index contributed by atoms with van der Waals surface area (Å²) < 4.78 is 0. The molecule has 0 heterocycles.